The molecule has 0 bridgehead atoms. The number of methoxy groups -OCH3 is 1. The van der Waals surface area contributed by atoms with Crippen LogP contribution in [0.3, 0.4) is 0 Å². The topological polar surface area (TPSA) is 80.4 Å². The molecule has 7 heteroatoms. The van der Waals surface area contributed by atoms with Gasteiger partial charge in [0.1, 0.15) is 5.75 Å². The van der Waals surface area contributed by atoms with E-state index in [-0.39, 0.29) is 32.3 Å². The van der Waals surface area contributed by atoms with Crippen LogP contribution >= 0.6 is 0 Å². The van der Waals surface area contributed by atoms with Crippen molar-refractivity contribution < 1.29 is 35.1 Å². The molecule has 0 amide bonds. The minimum Gasteiger partial charge on any atom is -0.497 e. The van der Waals surface area contributed by atoms with E-state index in [0.717, 1.165) is 34.2 Å². The third-order valence-electron chi connectivity index (χ3n) is 4.64. The number of aromatic nitrogens is 3. The molecule has 1 aromatic heterocycles. The molecule has 3 aromatic carbocycles. The predicted octanol–water partition coefficient (Wildman–Crippen LogP) is 4.55. The van der Waals surface area contributed by atoms with Crippen LogP contribution in [0.5, 0.6) is 5.75 Å². The van der Waals surface area contributed by atoms with Gasteiger partial charge < -0.3 is 19.5 Å². The van der Waals surface area contributed by atoms with E-state index in [1.165, 1.54) is 0 Å². The van der Waals surface area contributed by atoms with Crippen molar-refractivity contribution in [2.75, 3.05) is 7.11 Å². The normalized spacial score (nSPS) is 12.0. The minimum atomic E-state index is -0.375. The Labute approximate surface area is 208 Å². The van der Waals surface area contributed by atoms with Crippen molar-refractivity contribution >= 4 is 0 Å². The van der Waals surface area contributed by atoms with Crippen LogP contribution in [0.1, 0.15) is 20.3 Å². The summed E-state index contributed by atoms with van der Waals surface area (Å²) in [6.45, 7) is 3.32. The van der Waals surface area contributed by atoms with Crippen LogP contribution in [0.15, 0.2) is 78.9 Å². The van der Waals surface area contributed by atoms with E-state index in [1.54, 1.807) is 21.0 Å². The largest absolute Gasteiger partial charge is 0.497 e. The molecule has 4 rings (SSSR count). The molecule has 1 radical (unpaired) electrons. The van der Waals surface area contributed by atoms with E-state index in [1.807, 2.05) is 83.4 Å². The number of nitrogens with zero attached hydrogens (tertiary/aromatic N) is 3. The van der Waals surface area contributed by atoms with E-state index in [2.05, 4.69) is 16.3 Å². The monoisotopic (exact) mass is 623 g/mol. The van der Waals surface area contributed by atoms with Crippen molar-refractivity contribution in [2.24, 2.45) is 0 Å². The van der Waals surface area contributed by atoms with Crippen molar-refractivity contribution in [1.82, 2.24) is 14.8 Å². The fourth-order valence-electron chi connectivity index (χ4n) is 3.25. The molecule has 2 atom stereocenters. The summed E-state index contributed by atoms with van der Waals surface area (Å²) < 4.78 is 7.41. The van der Waals surface area contributed by atoms with Gasteiger partial charge in [0, 0.05) is 37.4 Å². The van der Waals surface area contributed by atoms with Crippen LogP contribution in [0.25, 0.3) is 28.5 Å². The molecule has 0 saturated heterocycles. The summed E-state index contributed by atoms with van der Waals surface area (Å²) in [5, 5.41) is 26.0. The Morgan fingerprint density at radius 2 is 1.55 bits per heavy atom. The third kappa shape index (κ3) is 7.34. The summed E-state index contributed by atoms with van der Waals surface area (Å²) in [7, 11) is 1.66. The summed E-state index contributed by atoms with van der Waals surface area (Å²) >= 11 is 0. The molecule has 0 spiro atoms. The van der Waals surface area contributed by atoms with Crippen molar-refractivity contribution in [3.05, 3.63) is 84.9 Å². The van der Waals surface area contributed by atoms with Crippen molar-refractivity contribution in [2.45, 2.75) is 32.5 Å². The maximum absolute atomic E-state index is 8.56. The van der Waals surface area contributed by atoms with E-state index in [9.17, 15) is 0 Å². The van der Waals surface area contributed by atoms with Crippen molar-refractivity contribution in [3.63, 3.8) is 0 Å². The number of benzene rings is 3. The summed E-state index contributed by atoms with van der Waals surface area (Å²) in [6.07, 6.45) is -0.278. The molecule has 0 aliphatic heterocycles. The molecule has 175 valence electrons. The second-order valence-corrected chi connectivity index (χ2v) is 7.46. The van der Waals surface area contributed by atoms with Crippen molar-refractivity contribution in [1.29, 1.82) is 0 Å². The van der Waals surface area contributed by atoms with Gasteiger partial charge in [-0.3, -0.25) is 0 Å². The minimum absolute atomic E-state index is 0. The molecule has 0 aliphatic carbocycles. The van der Waals surface area contributed by atoms with Crippen LogP contribution in [-0.4, -0.2) is 44.3 Å². The Hall–Kier alpha value is -2.83. The molecule has 4 aromatic rings. The first-order valence-corrected chi connectivity index (χ1v) is 10.5. The summed E-state index contributed by atoms with van der Waals surface area (Å²) in [4.78, 5) is 0. The SMILES string of the molecule is CC(O)CC(C)O.COc1cccc(-n2c(-c3[c-]cccc3)nnc2-c2ccccc2)c1.[Ir]. The maximum Gasteiger partial charge on any atom is 0.159 e. The molecule has 1 heterocycles. The van der Waals surface area contributed by atoms with Crippen LogP contribution in [0.4, 0.5) is 0 Å². The Bertz CT molecular complexity index is 1040. The van der Waals surface area contributed by atoms with E-state index in [4.69, 9.17) is 14.9 Å². The average Bonchev–Trinajstić information content (AvgIpc) is 3.25. The zero-order valence-electron chi connectivity index (χ0n) is 18.8. The first kappa shape index (κ1) is 26.4. The van der Waals surface area contributed by atoms with Crippen LogP contribution < -0.4 is 4.74 Å². The number of rotatable bonds is 6. The predicted molar refractivity (Wildman–Crippen MR) is 126 cm³/mol. The zero-order valence-corrected chi connectivity index (χ0v) is 21.2. The Morgan fingerprint density at radius 1 is 0.879 bits per heavy atom. The van der Waals surface area contributed by atoms with Crippen LogP contribution in [0, 0.1) is 6.07 Å². The number of hydrogen-bond donors (Lipinski definition) is 2. The summed E-state index contributed by atoms with van der Waals surface area (Å²) in [5.74, 6) is 2.31. The van der Waals surface area contributed by atoms with Gasteiger partial charge in [-0.25, -0.2) is 0 Å². The van der Waals surface area contributed by atoms with Crippen LogP contribution in [-0.2, 0) is 20.1 Å². The Morgan fingerprint density at radius 3 is 2.12 bits per heavy atom. The molecular weight excluding hydrogens is 595 g/mol. The molecule has 2 unspecified atom stereocenters. The Balaban J connectivity index is 0.000000423. The summed E-state index contributed by atoms with van der Waals surface area (Å²) in [6, 6.07) is 28.9. The third-order valence-corrected chi connectivity index (χ3v) is 4.64. The molecule has 0 saturated carbocycles. The number of ether oxygens (including phenoxy) is 1. The van der Waals surface area contributed by atoms with Gasteiger partial charge in [-0.2, -0.15) is 5.10 Å². The second kappa shape index (κ2) is 13.0. The van der Waals surface area contributed by atoms with E-state index >= 15 is 0 Å². The molecule has 0 fully saturated rings. The van der Waals surface area contributed by atoms with Gasteiger partial charge in [-0.05, 0) is 32.4 Å². The molecule has 2 N–H and O–H groups in total. The fourth-order valence-corrected chi connectivity index (χ4v) is 3.25. The molecule has 33 heavy (non-hydrogen) atoms. The number of aliphatic hydroxyl groups excluding tert-OH is 2. The van der Waals surface area contributed by atoms with Gasteiger partial charge in [0.15, 0.2) is 5.82 Å². The van der Waals surface area contributed by atoms with Gasteiger partial charge in [0.2, 0.25) is 0 Å². The van der Waals surface area contributed by atoms with Gasteiger partial charge >= 0.3 is 0 Å². The number of hydrogen-bond acceptors (Lipinski definition) is 5. The second-order valence-electron chi connectivity index (χ2n) is 7.46. The smallest absolute Gasteiger partial charge is 0.159 e. The first-order valence-electron chi connectivity index (χ1n) is 10.5. The van der Waals surface area contributed by atoms with Crippen LogP contribution in [0.2, 0.25) is 0 Å². The van der Waals surface area contributed by atoms with E-state index < -0.39 is 0 Å². The van der Waals surface area contributed by atoms with Gasteiger partial charge in [0.25, 0.3) is 0 Å². The quantitative estimate of drug-likeness (QED) is 0.309. The molecule has 6 nitrogen and oxygen atoms in total. The molecular formula is C26H28IrN3O3-. The average molecular weight is 623 g/mol. The van der Waals surface area contributed by atoms with Gasteiger partial charge in [-0.1, -0.05) is 36.4 Å². The zero-order chi connectivity index (χ0) is 22.9. The fraction of sp³-hybridized carbons (Fsp3) is 0.231. The first-order chi connectivity index (χ1) is 15.5. The Kier molecular flexibility index (Phi) is 10.4. The van der Waals surface area contributed by atoms with Crippen molar-refractivity contribution in [3.8, 4) is 34.2 Å². The van der Waals surface area contributed by atoms with Gasteiger partial charge in [-0.15, -0.1) is 41.0 Å². The van der Waals surface area contributed by atoms with Gasteiger partial charge in [0.05, 0.1) is 25.1 Å². The maximum atomic E-state index is 8.56. The number of aliphatic hydroxyl groups is 2. The summed E-state index contributed by atoms with van der Waals surface area (Å²) in [5.41, 5.74) is 2.83. The standard InChI is InChI=1S/C21H16N3O.C5H12O2.Ir/c1-25-19-14-8-13-18(15-19)24-20(16-9-4-2-5-10-16)22-23-21(24)17-11-6-3-7-12-17;1-4(6)3-5(2)7;/h2-11,13-15H,1H3;4-7H,3H2,1-2H3;/q-1;;. The van der Waals surface area contributed by atoms with E-state index in [0.29, 0.717) is 6.42 Å². The molecule has 0 aliphatic rings.